The van der Waals surface area contributed by atoms with Gasteiger partial charge in [-0.1, -0.05) is 36.4 Å². The van der Waals surface area contributed by atoms with Gasteiger partial charge >= 0.3 is 5.97 Å². The normalized spacial score (nSPS) is 12.3. The lowest BCUT2D eigenvalue weighted by Gasteiger charge is -2.07. The quantitative estimate of drug-likeness (QED) is 0.454. The Kier molecular flexibility index (Phi) is 5.46. The van der Waals surface area contributed by atoms with E-state index in [9.17, 15) is 9.18 Å². The van der Waals surface area contributed by atoms with Crippen molar-refractivity contribution < 1.29 is 13.9 Å². The Labute approximate surface area is 127 Å². The number of halogens is 1. The largest absolute Gasteiger partial charge is 0.462 e. The van der Waals surface area contributed by atoms with Crippen molar-refractivity contribution in [1.82, 2.24) is 0 Å². The average Bonchev–Trinajstić information content (AvgIpc) is 3.00. The van der Waals surface area contributed by atoms with Crippen LogP contribution in [-0.4, -0.2) is 12.6 Å². The summed E-state index contributed by atoms with van der Waals surface area (Å²) in [7, 11) is 0. The van der Waals surface area contributed by atoms with Gasteiger partial charge in [-0.25, -0.2) is 9.18 Å². The van der Waals surface area contributed by atoms with Crippen LogP contribution < -0.4 is 0 Å². The first-order chi connectivity index (χ1) is 10.2. The molecule has 0 saturated heterocycles. The maximum atomic E-state index is 14.4. The Morgan fingerprint density at radius 2 is 2.00 bits per heavy atom. The highest BCUT2D eigenvalue weighted by molar-refractivity contribution is 7.10. The highest BCUT2D eigenvalue weighted by Crippen LogP contribution is 2.23. The molecule has 0 bridgehead atoms. The molecule has 2 nitrogen and oxygen atoms in total. The first kappa shape index (κ1) is 15.2. The average molecular weight is 302 g/mol. The van der Waals surface area contributed by atoms with Crippen molar-refractivity contribution in [3.8, 4) is 0 Å². The van der Waals surface area contributed by atoms with Crippen molar-refractivity contribution in [2.75, 3.05) is 6.61 Å². The van der Waals surface area contributed by atoms with Crippen LogP contribution in [0.3, 0.4) is 0 Å². The molecule has 2 rings (SSSR count). The molecule has 0 aliphatic heterocycles. The third kappa shape index (κ3) is 4.13. The number of carbonyl (C=O) groups is 1. The van der Waals surface area contributed by atoms with Crippen LogP contribution in [0.25, 0.3) is 11.6 Å². The van der Waals surface area contributed by atoms with Crippen LogP contribution in [0.15, 0.2) is 59.7 Å². The third-order valence-corrected chi connectivity index (χ3v) is 3.56. The molecule has 0 N–H and O–H groups in total. The number of hydrogen-bond donors (Lipinski definition) is 0. The summed E-state index contributed by atoms with van der Waals surface area (Å²) >= 11 is 1.50. The number of thiophene rings is 1. The van der Waals surface area contributed by atoms with Crippen LogP contribution in [0.1, 0.15) is 17.4 Å². The maximum Gasteiger partial charge on any atom is 0.341 e. The molecule has 4 heteroatoms. The van der Waals surface area contributed by atoms with E-state index >= 15 is 0 Å². The van der Waals surface area contributed by atoms with Crippen molar-refractivity contribution >= 4 is 29.0 Å². The predicted molar refractivity (Wildman–Crippen MR) is 84.5 cm³/mol. The number of ether oxygens (including phenoxy) is 1. The molecule has 0 fully saturated rings. The van der Waals surface area contributed by atoms with Crippen molar-refractivity contribution in [2.24, 2.45) is 0 Å². The van der Waals surface area contributed by atoms with Crippen LogP contribution in [0.4, 0.5) is 4.39 Å². The monoisotopic (exact) mass is 302 g/mol. The molecule has 1 aromatic carbocycles. The predicted octanol–water partition coefficient (Wildman–Crippen LogP) is 4.71. The summed E-state index contributed by atoms with van der Waals surface area (Å²) in [5.74, 6) is -1.26. The Morgan fingerprint density at radius 1 is 1.24 bits per heavy atom. The van der Waals surface area contributed by atoms with E-state index in [0.717, 1.165) is 4.88 Å². The lowest BCUT2D eigenvalue weighted by Crippen LogP contribution is -2.08. The van der Waals surface area contributed by atoms with Crippen molar-refractivity contribution in [3.05, 3.63) is 70.2 Å². The molecule has 2 aromatic rings. The number of hydrogen-bond acceptors (Lipinski definition) is 3. The number of allylic oxidation sites excluding steroid dienone is 2. The van der Waals surface area contributed by atoms with Gasteiger partial charge in [0.1, 0.15) is 11.4 Å². The first-order valence-corrected chi connectivity index (χ1v) is 7.44. The van der Waals surface area contributed by atoms with E-state index in [1.165, 1.54) is 17.4 Å². The molecule has 1 heterocycles. The van der Waals surface area contributed by atoms with Crippen molar-refractivity contribution in [3.63, 3.8) is 0 Å². The van der Waals surface area contributed by atoms with Gasteiger partial charge in [0, 0.05) is 4.88 Å². The van der Waals surface area contributed by atoms with Crippen LogP contribution in [0.2, 0.25) is 0 Å². The van der Waals surface area contributed by atoms with Crippen molar-refractivity contribution in [1.29, 1.82) is 0 Å². The van der Waals surface area contributed by atoms with E-state index in [-0.39, 0.29) is 12.2 Å². The van der Waals surface area contributed by atoms with Crippen LogP contribution >= 0.6 is 11.3 Å². The second-order valence-corrected chi connectivity index (χ2v) is 5.14. The highest BCUT2D eigenvalue weighted by atomic mass is 32.1. The molecule has 108 valence electrons. The van der Waals surface area contributed by atoms with Gasteiger partial charge in [-0.2, -0.15) is 0 Å². The number of benzene rings is 1. The second-order valence-electron chi connectivity index (χ2n) is 4.16. The van der Waals surface area contributed by atoms with E-state index in [2.05, 4.69) is 0 Å². The zero-order valence-corrected chi connectivity index (χ0v) is 12.4. The Hall–Kier alpha value is -2.20. The van der Waals surface area contributed by atoms with Crippen LogP contribution in [-0.2, 0) is 9.53 Å². The zero-order chi connectivity index (χ0) is 15.1. The summed E-state index contributed by atoms with van der Waals surface area (Å²) in [5.41, 5.74) is 0.453. The fourth-order valence-electron chi connectivity index (χ4n) is 1.79. The van der Waals surface area contributed by atoms with Gasteiger partial charge in [-0.3, -0.25) is 0 Å². The summed E-state index contributed by atoms with van der Waals surface area (Å²) in [6, 6.07) is 12.5. The Morgan fingerprint density at radius 3 is 2.62 bits per heavy atom. The van der Waals surface area contributed by atoms with E-state index in [0.29, 0.717) is 5.56 Å². The van der Waals surface area contributed by atoms with Gasteiger partial charge in [0.25, 0.3) is 0 Å². The minimum absolute atomic E-state index is 0.0507. The number of esters is 1. The van der Waals surface area contributed by atoms with E-state index in [1.54, 1.807) is 37.3 Å². The molecule has 21 heavy (non-hydrogen) atoms. The van der Waals surface area contributed by atoms with Gasteiger partial charge in [0.15, 0.2) is 0 Å². The Balaban J connectivity index is 2.37. The lowest BCUT2D eigenvalue weighted by atomic mass is 10.0. The fraction of sp³-hybridized carbons (Fsp3) is 0.118. The lowest BCUT2D eigenvalue weighted by molar-refractivity contribution is -0.136. The van der Waals surface area contributed by atoms with Crippen LogP contribution in [0, 0.1) is 0 Å². The van der Waals surface area contributed by atoms with Crippen LogP contribution in [0.5, 0.6) is 0 Å². The summed E-state index contributed by atoms with van der Waals surface area (Å²) in [6.45, 7) is 1.90. The molecule has 0 atom stereocenters. The minimum Gasteiger partial charge on any atom is -0.462 e. The molecular weight excluding hydrogens is 287 g/mol. The summed E-state index contributed by atoms with van der Waals surface area (Å²) in [5, 5.41) is 1.91. The molecule has 0 unspecified atom stereocenters. The van der Waals surface area contributed by atoms with E-state index in [1.807, 2.05) is 23.6 Å². The summed E-state index contributed by atoms with van der Waals surface area (Å²) < 4.78 is 19.4. The topological polar surface area (TPSA) is 26.3 Å². The molecule has 1 aromatic heterocycles. The molecule has 0 spiro atoms. The minimum atomic E-state index is -0.656. The maximum absolute atomic E-state index is 14.4. The van der Waals surface area contributed by atoms with E-state index < -0.39 is 11.8 Å². The molecule has 0 saturated carbocycles. The van der Waals surface area contributed by atoms with E-state index in [4.69, 9.17) is 4.74 Å². The molecule has 0 aliphatic carbocycles. The van der Waals surface area contributed by atoms with Gasteiger partial charge in [0.2, 0.25) is 0 Å². The van der Waals surface area contributed by atoms with Gasteiger partial charge in [-0.05, 0) is 36.1 Å². The standard InChI is InChI=1S/C17H15FO2S/c1-2-20-17(19)16(13-7-4-3-5-8-13)15(18)11-10-14-9-6-12-21-14/h3-12H,2H2,1H3/b11-10+,16-15+. The third-order valence-electron chi connectivity index (χ3n) is 2.72. The second kappa shape index (κ2) is 7.55. The van der Waals surface area contributed by atoms with Crippen molar-refractivity contribution in [2.45, 2.75) is 6.92 Å². The smallest absolute Gasteiger partial charge is 0.341 e. The summed E-state index contributed by atoms with van der Waals surface area (Å²) in [6.07, 6.45) is 2.94. The number of rotatable bonds is 5. The highest BCUT2D eigenvalue weighted by Gasteiger charge is 2.17. The van der Waals surface area contributed by atoms with Gasteiger partial charge in [-0.15, -0.1) is 11.3 Å². The van der Waals surface area contributed by atoms with Gasteiger partial charge in [0.05, 0.1) is 6.61 Å². The zero-order valence-electron chi connectivity index (χ0n) is 11.6. The molecule has 0 radical (unpaired) electrons. The number of carbonyl (C=O) groups excluding carboxylic acids is 1. The SMILES string of the molecule is CCOC(=O)/C(=C(F)\C=C\c1cccs1)c1ccccc1. The molecule has 0 aliphatic rings. The Bertz CT molecular complexity index is 643. The van der Waals surface area contributed by atoms with Gasteiger partial charge < -0.3 is 4.74 Å². The molecular formula is C17H15FO2S. The fourth-order valence-corrected chi connectivity index (χ4v) is 2.40. The summed E-state index contributed by atoms with van der Waals surface area (Å²) in [4.78, 5) is 12.9. The molecule has 0 amide bonds. The first-order valence-electron chi connectivity index (χ1n) is 6.56.